The Morgan fingerprint density at radius 3 is 1.47 bits per heavy atom. The summed E-state index contributed by atoms with van der Waals surface area (Å²) >= 11 is -1.69. The molecule has 96 valence electrons. The molecule has 1 rings (SSSR count). The second-order valence-corrected chi connectivity index (χ2v) is 19.9. The molecule has 0 radical (unpaired) electrons. The average molecular weight is 337 g/mol. The van der Waals surface area contributed by atoms with Gasteiger partial charge in [-0.1, -0.05) is 0 Å². The Morgan fingerprint density at radius 2 is 1.24 bits per heavy atom. The maximum absolute atomic E-state index is 2.66. The van der Waals surface area contributed by atoms with Crippen molar-refractivity contribution in [3.05, 3.63) is 6.42 Å². The normalized spacial score (nSPS) is 18.9. The monoisotopic (exact) mass is 338 g/mol. The molecule has 0 saturated heterocycles. The summed E-state index contributed by atoms with van der Waals surface area (Å²) in [6, 6.07) is 0. The Labute approximate surface area is 126 Å². The molecular weight excluding hydrogens is 306 g/mol. The van der Waals surface area contributed by atoms with E-state index in [2.05, 4.69) is 27.2 Å². The predicted molar refractivity (Wildman–Crippen MR) is 77.6 cm³/mol. The SMILES string of the molecule is CCC[CH2][Sn]([CH2]CCC)([CH2]CCC)[C@H]1[CH-]C1.[Li+]. The van der Waals surface area contributed by atoms with E-state index in [1.165, 1.54) is 48.9 Å². The van der Waals surface area contributed by atoms with E-state index < -0.39 is 18.4 Å². The second kappa shape index (κ2) is 10.2. The Balaban J connectivity index is 0.00000256. The first-order valence-corrected chi connectivity index (χ1v) is 15.3. The van der Waals surface area contributed by atoms with Crippen molar-refractivity contribution in [2.75, 3.05) is 0 Å². The van der Waals surface area contributed by atoms with Crippen molar-refractivity contribution in [2.24, 2.45) is 0 Å². The minimum absolute atomic E-state index is 0. The molecule has 0 aliphatic heterocycles. The number of hydrogen-bond acceptors (Lipinski definition) is 0. The first-order chi connectivity index (χ1) is 7.79. The van der Waals surface area contributed by atoms with Crippen molar-refractivity contribution in [1.29, 1.82) is 0 Å². The first kappa shape index (κ1) is 18.4. The largest absolute Gasteiger partial charge is 1.00 e. The molecule has 2 heteroatoms. The van der Waals surface area contributed by atoms with Gasteiger partial charge in [-0.25, -0.2) is 0 Å². The van der Waals surface area contributed by atoms with Crippen LogP contribution in [0.25, 0.3) is 0 Å². The summed E-state index contributed by atoms with van der Waals surface area (Å²) in [5.74, 6) is 0. The minimum Gasteiger partial charge on any atom is 1.00 e. The van der Waals surface area contributed by atoms with Crippen LogP contribution in [0.1, 0.15) is 65.7 Å². The maximum Gasteiger partial charge on any atom is 1.00 e. The fourth-order valence-corrected chi connectivity index (χ4v) is 20.7. The van der Waals surface area contributed by atoms with Crippen LogP contribution in [0.15, 0.2) is 0 Å². The number of hydrogen-bond donors (Lipinski definition) is 0. The molecule has 0 spiro atoms. The van der Waals surface area contributed by atoms with E-state index in [1.807, 2.05) is 0 Å². The van der Waals surface area contributed by atoms with E-state index in [9.17, 15) is 0 Å². The summed E-state index contributed by atoms with van der Waals surface area (Å²) in [5.41, 5.74) is 0. The Bertz CT molecular complexity index is 156. The van der Waals surface area contributed by atoms with Crippen LogP contribution in [0.4, 0.5) is 0 Å². The molecule has 0 bridgehead atoms. The fraction of sp³-hybridized carbons (Fsp3) is 0.933. The summed E-state index contributed by atoms with van der Waals surface area (Å²) in [5, 5.41) is 0. The standard InChI is InChI=1S/3C4H9.C3H4.Li.Sn/c3*1-3-4-2;1-2-3-1;;/h3*1,3-4H2,2H3;1-2H,3H2;;/q;;;-1;+1;. The van der Waals surface area contributed by atoms with Gasteiger partial charge in [0.05, 0.1) is 0 Å². The molecule has 0 aromatic rings. The molecule has 1 aliphatic rings. The number of unbranched alkanes of at least 4 members (excludes halogenated alkanes) is 3. The van der Waals surface area contributed by atoms with Crippen LogP contribution in [0.2, 0.25) is 17.2 Å². The summed E-state index contributed by atoms with van der Waals surface area (Å²) in [7, 11) is 0. The zero-order valence-electron chi connectivity index (χ0n) is 12.7. The number of rotatable bonds is 10. The van der Waals surface area contributed by atoms with Gasteiger partial charge in [-0.3, -0.25) is 0 Å². The van der Waals surface area contributed by atoms with Gasteiger partial charge in [-0.05, 0) is 0 Å². The van der Waals surface area contributed by atoms with E-state index in [0.29, 0.717) is 0 Å². The molecule has 0 amide bonds. The molecule has 0 unspecified atom stereocenters. The zero-order chi connectivity index (χ0) is 11.9. The van der Waals surface area contributed by atoms with Gasteiger partial charge in [0.15, 0.2) is 0 Å². The molecule has 0 aromatic carbocycles. The molecule has 1 fully saturated rings. The van der Waals surface area contributed by atoms with Crippen LogP contribution >= 0.6 is 0 Å². The van der Waals surface area contributed by atoms with Crippen molar-refractivity contribution in [3.63, 3.8) is 0 Å². The van der Waals surface area contributed by atoms with Crippen molar-refractivity contribution in [1.82, 2.24) is 0 Å². The van der Waals surface area contributed by atoms with E-state index >= 15 is 0 Å². The van der Waals surface area contributed by atoms with E-state index in [1.54, 1.807) is 13.3 Å². The van der Waals surface area contributed by atoms with Crippen LogP contribution in [-0.2, 0) is 0 Å². The van der Waals surface area contributed by atoms with Crippen LogP contribution in [0.5, 0.6) is 0 Å². The quantitative estimate of drug-likeness (QED) is 0.425. The van der Waals surface area contributed by atoms with E-state index in [-0.39, 0.29) is 18.9 Å². The topological polar surface area (TPSA) is 0 Å². The minimum atomic E-state index is -1.69. The van der Waals surface area contributed by atoms with Gasteiger partial charge < -0.3 is 0 Å². The van der Waals surface area contributed by atoms with Crippen LogP contribution in [0, 0.1) is 6.42 Å². The molecule has 1 atom stereocenters. The molecule has 0 nitrogen and oxygen atoms in total. The summed E-state index contributed by atoms with van der Waals surface area (Å²) in [4.78, 5) is 0. The van der Waals surface area contributed by atoms with Gasteiger partial charge in [-0.15, -0.1) is 0 Å². The van der Waals surface area contributed by atoms with Crippen LogP contribution in [0.3, 0.4) is 0 Å². The van der Waals surface area contributed by atoms with Gasteiger partial charge in [0.25, 0.3) is 0 Å². The van der Waals surface area contributed by atoms with Crippen LogP contribution < -0.4 is 18.9 Å². The first-order valence-electron chi connectivity index (χ1n) is 7.62. The Kier molecular flexibility index (Phi) is 11.1. The molecular formula is C15H31LiSn. The summed E-state index contributed by atoms with van der Waals surface area (Å²) in [6.07, 6.45) is 13.0. The van der Waals surface area contributed by atoms with Gasteiger partial charge in [0.2, 0.25) is 0 Å². The van der Waals surface area contributed by atoms with Gasteiger partial charge in [0.1, 0.15) is 0 Å². The third-order valence-electron chi connectivity index (χ3n) is 4.34. The molecule has 17 heavy (non-hydrogen) atoms. The smallest absolute Gasteiger partial charge is 1.00 e. The van der Waals surface area contributed by atoms with Gasteiger partial charge in [-0.2, -0.15) is 0 Å². The third kappa shape index (κ3) is 6.39. The van der Waals surface area contributed by atoms with Crippen molar-refractivity contribution in [2.45, 2.75) is 83.0 Å². The second-order valence-electron chi connectivity index (χ2n) is 5.75. The molecule has 0 heterocycles. The van der Waals surface area contributed by atoms with Crippen molar-refractivity contribution < 1.29 is 18.9 Å². The summed E-state index contributed by atoms with van der Waals surface area (Å²) < 4.78 is 6.30. The molecule has 0 aromatic heterocycles. The Morgan fingerprint density at radius 1 is 0.882 bits per heavy atom. The molecule has 1 aliphatic carbocycles. The maximum atomic E-state index is 2.66. The van der Waals surface area contributed by atoms with Gasteiger partial charge in [0, 0.05) is 0 Å². The third-order valence-corrected chi connectivity index (χ3v) is 21.7. The molecule has 0 N–H and O–H groups in total. The van der Waals surface area contributed by atoms with E-state index in [0.717, 1.165) is 0 Å². The van der Waals surface area contributed by atoms with Gasteiger partial charge >= 0.3 is 127 Å². The zero-order valence-corrected chi connectivity index (χ0v) is 15.6. The fourth-order valence-electron chi connectivity index (χ4n) is 3.09. The van der Waals surface area contributed by atoms with Crippen LogP contribution in [-0.4, -0.2) is 18.4 Å². The van der Waals surface area contributed by atoms with E-state index in [4.69, 9.17) is 0 Å². The summed E-state index contributed by atoms with van der Waals surface area (Å²) in [6.45, 7) is 7.10. The van der Waals surface area contributed by atoms with Crippen molar-refractivity contribution in [3.8, 4) is 0 Å². The molecule has 1 saturated carbocycles. The predicted octanol–water partition coefficient (Wildman–Crippen LogP) is 2.82. The Hall–Kier alpha value is 1.40. The average Bonchev–Trinajstić information content (AvgIpc) is 3.13. The van der Waals surface area contributed by atoms with Crippen molar-refractivity contribution >= 4 is 18.4 Å².